The first kappa shape index (κ1) is 15.5. The summed E-state index contributed by atoms with van der Waals surface area (Å²) in [7, 11) is 0. The molecule has 0 aromatic heterocycles. The number of thioether (sulfide) groups is 1. The Bertz CT molecular complexity index is 241. The van der Waals surface area contributed by atoms with Gasteiger partial charge in [-0.1, -0.05) is 27.7 Å². The first-order chi connectivity index (χ1) is 7.38. The van der Waals surface area contributed by atoms with Crippen LogP contribution >= 0.6 is 11.8 Å². The Labute approximate surface area is 103 Å². The van der Waals surface area contributed by atoms with Crippen molar-refractivity contribution >= 4 is 23.5 Å². The van der Waals surface area contributed by atoms with Crippen LogP contribution in [0, 0.1) is 5.92 Å². The van der Waals surface area contributed by atoms with Crippen molar-refractivity contribution in [3.63, 3.8) is 0 Å². The highest BCUT2D eigenvalue weighted by molar-refractivity contribution is 8.00. The Hall–Kier alpha value is -0.510. The largest absolute Gasteiger partial charge is 0.345 e. The molecule has 0 saturated carbocycles. The number of carbonyl (C=O) groups excluding carboxylic acids is 2. The standard InChI is InChI=1S/C12H23NO2S/c1-6-9(4)16-7-11(15)13-12(8(2)3)10(5)14/h8-9,12H,6-7H2,1-5H3,(H,13,15). The fraction of sp³-hybridized carbons (Fsp3) is 0.833. The molecule has 0 aliphatic carbocycles. The average Bonchev–Trinajstić information content (AvgIpc) is 2.21. The Morgan fingerprint density at radius 2 is 1.81 bits per heavy atom. The van der Waals surface area contributed by atoms with E-state index in [9.17, 15) is 9.59 Å². The molecule has 0 rings (SSSR count). The second kappa shape index (κ2) is 7.71. The summed E-state index contributed by atoms with van der Waals surface area (Å²) in [5, 5.41) is 3.27. The van der Waals surface area contributed by atoms with E-state index in [4.69, 9.17) is 0 Å². The van der Waals surface area contributed by atoms with E-state index >= 15 is 0 Å². The molecule has 0 aliphatic rings. The molecule has 1 N–H and O–H groups in total. The van der Waals surface area contributed by atoms with E-state index in [1.54, 1.807) is 11.8 Å². The maximum Gasteiger partial charge on any atom is 0.230 e. The van der Waals surface area contributed by atoms with Crippen LogP contribution in [0.2, 0.25) is 0 Å². The van der Waals surface area contributed by atoms with Gasteiger partial charge >= 0.3 is 0 Å². The third kappa shape index (κ3) is 6.16. The van der Waals surface area contributed by atoms with Crippen LogP contribution in [-0.4, -0.2) is 28.7 Å². The van der Waals surface area contributed by atoms with Gasteiger partial charge in [0.05, 0.1) is 11.8 Å². The highest BCUT2D eigenvalue weighted by Gasteiger charge is 2.20. The summed E-state index contributed by atoms with van der Waals surface area (Å²) < 4.78 is 0. The molecule has 0 aromatic rings. The van der Waals surface area contributed by atoms with Gasteiger partial charge in [0.2, 0.25) is 5.91 Å². The van der Waals surface area contributed by atoms with Gasteiger partial charge in [0.15, 0.2) is 5.78 Å². The monoisotopic (exact) mass is 245 g/mol. The highest BCUT2D eigenvalue weighted by Crippen LogP contribution is 2.13. The number of rotatable bonds is 7. The minimum atomic E-state index is -0.343. The Kier molecular flexibility index (Phi) is 7.47. The van der Waals surface area contributed by atoms with E-state index in [2.05, 4.69) is 19.2 Å². The van der Waals surface area contributed by atoms with Crippen molar-refractivity contribution in [2.24, 2.45) is 5.92 Å². The summed E-state index contributed by atoms with van der Waals surface area (Å²) in [6.07, 6.45) is 1.05. The fourth-order valence-corrected chi connectivity index (χ4v) is 2.04. The van der Waals surface area contributed by atoms with Crippen molar-refractivity contribution in [2.75, 3.05) is 5.75 Å². The number of amides is 1. The van der Waals surface area contributed by atoms with Crippen LogP contribution in [0.1, 0.15) is 41.0 Å². The van der Waals surface area contributed by atoms with Crippen LogP contribution in [0.3, 0.4) is 0 Å². The number of ketones is 1. The molecule has 94 valence electrons. The van der Waals surface area contributed by atoms with Crippen LogP contribution < -0.4 is 5.32 Å². The van der Waals surface area contributed by atoms with E-state index < -0.39 is 0 Å². The SMILES string of the molecule is CCC(C)SCC(=O)NC(C(C)=O)C(C)C. The third-order valence-corrected chi connectivity index (χ3v) is 3.83. The van der Waals surface area contributed by atoms with Gasteiger partial charge in [-0.15, -0.1) is 11.8 Å². The van der Waals surface area contributed by atoms with E-state index in [1.807, 2.05) is 13.8 Å². The second-order valence-electron chi connectivity index (χ2n) is 4.43. The van der Waals surface area contributed by atoms with Crippen molar-refractivity contribution in [1.29, 1.82) is 0 Å². The molecular weight excluding hydrogens is 222 g/mol. The van der Waals surface area contributed by atoms with E-state index in [1.165, 1.54) is 6.92 Å². The number of nitrogens with one attached hydrogen (secondary N) is 1. The molecule has 2 unspecified atom stereocenters. The Morgan fingerprint density at radius 3 is 2.19 bits per heavy atom. The zero-order valence-electron chi connectivity index (χ0n) is 10.9. The Morgan fingerprint density at radius 1 is 1.25 bits per heavy atom. The van der Waals surface area contributed by atoms with E-state index in [0.29, 0.717) is 11.0 Å². The van der Waals surface area contributed by atoms with Gasteiger partial charge in [-0.05, 0) is 19.3 Å². The number of hydrogen-bond acceptors (Lipinski definition) is 3. The van der Waals surface area contributed by atoms with Crippen molar-refractivity contribution in [1.82, 2.24) is 5.32 Å². The van der Waals surface area contributed by atoms with Crippen molar-refractivity contribution < 1.29 is 9.59 Å². The smallest absolute Gasteiger partial charge is 0.230 e. The van der Waals surface area contributed by atoms with Gasteiger partial charge in [0.25, 0.3) is 0 Å². The lowest BCUT2D eigenvalue weighted by Crippen LogP contribution is -2.44. The zero-order chi connectivity index (χ0) is 12.7. The second-order valence-corrected chi connectivity index (χ2v) is 5.86. The lowest BCUT2D eigenvalue weighted by Gasteiger charge is -2.19. The molecule has 0 radical (unpaired) electrons. The van der Waals surface area contributed by atoms with Gasteiger partial charge in [0.1, 0.15) is 0 Å². The van der Waals surface area contributed by atoms with Gasteiger partial charge < -0.3 is 5.32 Å². The van der Waals surface area contributed by atoms with Gasteiger partial charge in [-0.3, -0.25) is 9.59 Å². The van der Waals surface area contributed by atoms with Crippen LogP contribution in [0.25, 0.3) is 0 Å². The minimum Gasteiger partial charge on any atom is -0.345 e. The van der Waals surface area contributed by atoms with Crippen LogP contribution in [-0.2, 0) is 9.59 Å². The summed E-state index contributed by atoms with van der Waals surface area (Å²) in [6.45, 7) is 9.60. The molecule has 1 amide bonds. The minimum absolute atomic E-state index is 0.0249. The normalized spacial score (nSPS) is 14.6. The quantitative estimate of drug-likeness (QED) is 0.748. The summed E-state index contributed by atoms with van der Waals surface area (Å²) in [5.41, 5.74) is 0. The van der Waals surface area contributed by atoms with Crippen LogP contribution in [0.4, 0.5) is 0 Å². The summed E-state index contributed by atoms with van der Waals surface area (Å²) in [5.74, 6) is 0.567. The van der Waals surface area contributed by atoms with Crippen molar-refractivity contribution in [3.8, 4) is 0 Å². The highest BCUT2D eigenvalue weighted by atomic mass is 32.2. The molecule has 2 atom stereocenters. The fourth-order valence-electron chi connectivity index (χ4n) is 1.29. The molecule has 0 aliphatic heterocycles. The lowest BCUT2D eigenvalue weighted by atomic mass is 10.0. The topological polar surface area (TPSA) is 46.2 Å². The maximum absolute atomic E-state index is 11.6. The van der Waals surface area contributed by atoms with Crippen LogP contribution in [0.5, 0.6) is 0 Å². The molecule has 0 spiro atoms. The molecule has 0 saturated heterocycles. The maximum atomic E-state index is 11.6. The molecular formula is C12H23NO2S. The van der Waals surface area contributed by atoms with Crippen molar-refractivity contribution in [3.05, 3.63) is 0 Å². The molecule has 0 heterocycles. The molecule has 3 nitrogen and oxygen atoms in total. The number of Topliss-reactive ketones (excluding diaryl/α,β-unsaturated/α-hetero) is 1. The average molecular weight is 245 g/mol. The van der Waals surface area contributed by atoms with Crippen molar-refractivity contribution in [2.45, 2.75) is 52.3 Å². The molecule has 4 heteroatoms. The molecule has 0 bridgehead atoms. The van der Waals surface area contributed by atoms with Gasteiger partial charge in [0, 0.05) is 5.25 Å². The first-order valence-electron chi connectivity index (χ1n) is 5.79. The summed E-state index contributed by atoms with van der Waals surface area (Å²) >= 11 is 1.63. The predicted octanol–water partition coefficient (Wildman–Crippen LogP) is 2.25. The molecule has 0 aromatic carbocycles. The third-order valence-electron chi connectivity index (χ3n) is 2.49. The molecule has 16 heavy (non-hydrogen) atoms. The van der Waals surface area contributed by atoms with E-state index in [-0.39, 0.29) is 23.7 Å². The number of hydrogen-bond donors (Lipinski definition) is 1. The van der Waals surface area contributed by atoms with Crippen LogP contribution in [0.15, 0.2) is 0 Å². The first-order valence-corrected chi connectivity index (χ1v) is 6.84. The van der Waals surface area contributed by atoms with Gasteiger partial charge in [-0.25, -0.2) is 0 Å². The molecule has 0 fully saturated rings. The zero-order valence-corrected chi connectivity index (χ0v) is 11.7. The number of carbonyl (C=O) groups is 2. The Balaban J connectivity index is 4.06. The summed E-state index contributed by atoms with van der Waals surface area (Å²) in [4.78, 5) is 22.9. The van der Waals surface area contributed by atoms with E-state index in [0.717, 1.165) is 6.42 Å². The predicted molar refractivity (Wildman–Crippen MR) is 69.7 cm³/mol. The summed E-state index contributed by atoms with van der Waals surface area (Å²) in [6, 6.07) is -0.343. The lowest BCUT2D eigenvalue weighted by molar-refractivity contribution is -0.126. The van der Waals surface area contributed by atoms with Gasteiger partial charge in [-0.2, -0.15) is 0 Å².